The molecule has 15 heavy (non-hydrogen) atoms. The molecule has 0 aliphatic rings. The fraction of sp³-hybridized carbons (Fsp3) is 0.125. The van der Waals surface area contributed by atoms with Gasteiger partial charge in [-0.05, 0) is 34.7 Å². The monoisotopic (exact) mass is 346 g/mol. The molecule has 7 heteroatoms. The van der Waals surface area contributed by atoms with Crippen LogP contribution in [0.25, 0.3) is 5.65 Å². The first-order chi connectivity index (χ1) is 6.89. The second-order valence-electron chi connectivity index (χ2n) is 2.83. The number of imidazole rings is 1. The van der Waals surface area contributed by atoms with Gasteiger partial charge in [0.2, 0.25) is 0 Å². The van der Waals surface area contributed by atoms with Crippen LogP contribution in [0.15, 0.2) is 18.3 Å². The van der Waals surface area contributed by atoms with Crippen LogP contribution in [-0.2, 0) is 6.18 Å². The Hall–Kier alpha value is -0.500. The highest BCUT2D eigenvalue weighted by Gasteiger charge is 2.31. The molecule has 0 saturated heterocycles. The highest BCUT2D eigenvalue weighted by molar-refractivity contribution is 14.1. The molecule has 0 aromatic carbocycles. The Morgan fingerprint density at radius 1 is 1.40 bits per heavy atom. The van der Waals surface area contributed by atoms with Crippen molar-refractivity contribution in [3.8, 4) is 0 Å². The van der Waals surface area contributed by atoms with Crippen LogP contribution in [0, 0.1) is 3.70 Å². The Bertz CT molecular complexity index is 520. The van der Waals surface area contributed by atoms with Crippen LogP contribution in [0.2, 0.25) is 5.15 Å². The smallest absolute Gasteiger partial charge is 0.294 e. The van der Waals surface area contributed by atoms with Gasteiger partial charge in [-0.3, -0.25) is 4.40 Å². The lowest BCUT2D eigenvalue weighted by Crippen LogP contribution is -2.05. The molecule has 0 spiro atoms. The molecule has 0 amide bonds. The normalized spacial score (nSPS) is 12.3. The molecule has 0 aliphatic heterocycles. The Morgan fingerprint density at radius 3 is 2.67 bits per heavy atom. The minimum atomic E-state index is -4.36. The predicted octanol–water partition coefficient (Wildman–Crippen LogP) is 3.61. The second-order valence-corrected chi connectivity index (χ2v) is 4.21. The van der Waals surface area contributed by atoms with Crippen molar-refractivity contribution in [2.45, 2.75) is 6.18 Å². The number of aromatic nitrogens is 2. The lowest BCUT2D eigenvalue weighted by molar-refractivity contribution is -0.137. The molecule has 0 aliphatic carbocycles. The maximum atomic E-state index is 12.4. The predicted molar refractivity (Wildman–Crippen MR) is 57.9 cm³/mol. The molecule has 2 aromatic rings. The fourth-order valence-corrected chi connectivity index (χ4v) is 1.87. The van der Waals surface area contributed by atoms with Crippen molar-refractivity contribution < 1.29 is 13.2 Å². The first-order valence-electron chi connectivity index (χ1n) is 3.80. The number of pyridine rings is 1. The van der Waals surface area contributed by atoms with Crippen molar-refractivity contribution in [2.24, 2.45) is 0 Å². The first kappa shape index (κ1) is 11.0. The van der Waals surface area contributed by atoms with E-state index in [0.717, 1.165) is 12.1 Å². The van der Waals surface area contributed by atoms with Crippen LogP contribution in [0.5, 0.6) is 0 Å². The molecule has 2 heterocycles. The van der Waals surface area contributed by atoms with Crippen molar-refractivity contribution in [1.29, 1.82) is 0 Å². The average molecular weight is 346 g/mol. The van der Waals surface area contributed by atoms with Crippen molar-refractivity contribution >= 4 is 39.8 Å². The third-order valence-corrected chi connectivity index (χ3v) is 3.47. The van der Waals surface area contributed by atoms with Crippen LogP contribution in [0.3, 0.4) is 0 Å². The van der Waals surface area contributed by atoms with Gasteiger partial charge in [0.05, 0.1) is 5.56 Å². The summed E-state index contributed by atoms with van der Waals surface area (Å²) in [6.07, 6.45) is -3.05. The van der Waals surface area contributed by atoms with Gasteiger partial charge in [0.15, 0.2) is 5.15 Å². The van der Waals surface area contributed by atoms with Crippen LogP contribution in [0.1, 0.15) is 5.56 Å². The largest absolute Gasteiger partial charge is 0.416 e. The van der Waals surface area contributed by atoms with Gasteiger partial charge >= 0.3 is 6.18 Å². The van der Waals surface area contributed by atoms with E-state index in [1.54, 1.807) is 0 Å². The van der Waals surface area contributed by atoms with E-state index in [4.69, 9.17) is 11.6 Å². The summed E-state index contributed by atoms with van der Waals surface area (Å²) in [5.74, 6) is 0. The Labute approximate surface area is 101 Å². The highest BCUT2D eigenvalue weighted by Crippen LogP contribution is 2.30. The molecule has 0 saturated carbocycles. The van der Waals surface area contributed by atoms with Gasteiger partial charge in [0.25, 0.3) is 0 Å². The van der Waals surface area contributed by atoms with E-state index >= 15 is 0 Å². The van der Waals surface area contributed by atoms with E-state index in [1.165, 1.54) is 10.6 Å². The van der Waals surface area contributed by atoms with Gasteiger partial charge in [-0.25, -0.2) is 4.98 Å². The Balaban J connectivity index is 2.67. The van der Waals surface area contributed by atoms with Crippen LogP contribution in [-0.4, -0.2) is 9.38 Å². The lowest BCUT2D eigenvalue weighted by Gasteiger charge is -2.06. The molecule has 0 atom stereocenters. The van der Waals surface area contributed by atoms with Crippen LogP contribution >= 0.6 is 34.2 Å². The zero-order valence-electron chi connectivity index (χ0n) is 7.02. The average Bonchev–Trinajstić information content (AvgIpc) is 2.41. The standard InChI is InChI=1S/C8H3ClF3IN2/c9-6-7(13)15-2-1-4(8(10,11)12)3-5(15)14-6/h1-3H. The van der Waals surface area contributed by atoms with E-state index < -0.39 is 11.7 Å². The molecule has 80 valence electrons. The van der Waals surface area contributed by atoms with Crippen LogP contribution < -0.4 is 0 Å². The number of halogens is 5. The minimum Gasteiger partial charge on any atom is -0.294 e. The molecule has 0 unspecified atom stereocenters. The molecule has 2 nitrogen and oxygen atoms in total. The third kappa shape index (κ3) is 1.92. The molecule has 0 fully saturated rings. The van der Waals surface area contributed by atoms with Crippen molar-refractivity contribution in [1.82, 2.24) is 9.38 Å². The summed E-state index contributed by atoms with van der Waals surface area (Å²) >= 11 is 7.62. The summed E-state index contributed by atoms with van der Waals surface area (Å²) < 4.78 is 39.1. The molecular formula is C8H3ClF3IN2. The van der Waals surface area contributed by atoms with Gasteiger partial charge in [0.1, 0.15) is 9.35 Å². The Morgan fingerprint density at radius 2 is 2.07 bits per heavy atom. The molecule has 2 rings (SSSR count). The number of rotatable bonds is 0. The SMILES string of the molecule is FC(F)(F)c1ccn2c(I)c(Cl)nc2c1. The summed E-state index contributed by atoms with van der Waals surface area (Å²) in [7, 11) is 0. The number of alkyl halides is 3. The van der Waals surface area contributed by atoms with E-state index in [-0.39, 0.29) is 10.8 Å². The highest BCUT2D eigenvalue weighted by atomic mass is 127. The molecule has 0 radical (unpaired) electrons. The summed E-state index contributed by atoms with van der Waals surface area (Å²) in [4.78, 5) is 3.81. The van der Waals surface area contributed by atoms with Crippen LogP contribution in [0.4, 0.5) is 13.2 Å². The van der Waals surface area contributed by atoms with Gasteiger partial charge in [-0.2, -0.15) is 13.2 Å². The summed E-state index contributed by atoms with van der Waals surface area (Å²) in [5.41, 5.74) is -0.535. The number of fused-ring (bicyclic) bond motifs is 1. The lowest BCUT2D eigenvalue weighted by atomic mass is 10.2. The third-order valence-electron chi connectivity index (χ3n) is 1.86. The maximum Gasteiger partial charge on any atom is 0.416 e. The van der Waals surface area contributed by atoms with E-state index in [9.17, 15) is 13.2 Å². The number of hydrogen-bond donors (Lipinski definition) is 0. The maximum absolute atomic E-state index is 12.4. The van der Waals surface area contributed by atoms with Gasteiger partial charge < -0.3 is 0 Å². The van der Waals surface area contributed by atoms with Gasteiger partial charge in [-0.15, -0.1) is 0 Å². The van der Waals surface area contributed by atoms with E-state index in [1.807, 2.05) is 22.6 Å². The van der Waals surface area contributed by atoms with Crippen molar-refractivity contribution in [3.63, 3.8) is 0 Å². The summed E-state index contributed by atoms with van der Waals surface area (Å²) in [5, 5.41) is 0.204. The molecular weight excluding hydrogens is 343 g/mol. The Kier molecular flexibility index (Phi) is 2.58. The van der Waals surface area contributed by atoms with Gasteiger partial charge in [0, 0.05) is 6.20 Å². The van der Waals surface area contributed by atoms with E-state index in [2.05, 4.69) is 4.98 Å². The zero-order chi connectivity index (χ0) is 11.2. The molecule has 0 N–H and O–H groups in total. The summed E-state index contributed by atoms with van der Waals surface area (Å²) in [6, 6.07) is 1.96. The van der Waals surface area contributed by atoms with Crippen molar-refractivity contribution in [3.05, 3.63) is 32.7 Å². The molecule has 0 bridgehead atoms. The quantitative estimate of drug-likeness (QED) is 0.666. The number of nitrogens with zero attached hydrogens (tertiary/aromatic N) is 2. The zero-order valence-corrected chi connectivity index (χ0v) is 9.93. The van der Waals surface area contributed by atoms with Crippen molar-refractivity contribution in [2.75, 3.05) is 0 Å². The second kappa shape index (κ2) is 3.51. The number of hydrogen-bond acceptors (Lipinski definition) is 1. The van der Waals surface area contributed by atoms with E-state index in [0.29, 0.717) is 3.70 Å². The van der Waals surface area contributed by atoms with Gasteiger partial charge in [-0.1, -0.05) is 11.6 Å². The fourth-order valence-electron chi connectivity index (χ4n) is 1.16. The molecule has 2 aromatic heterocycles. The summed E-state index contributed by atoms with van der Waals surface area (Å²) in [6.45, 7) is 0. The minimum absolute atomic E-state index is 0.194. The topological polar surface area (TPSA) is 17.3 Å². The first-order valence-corrected chi connectivity index (χ1v) is 5.25.